The summed E-state index contributed by atoms with van der Waals surface area (Å²) in [5.74, 6) is -0.159. The number of rotatable bonds is 3. The molecule has 1 saturated heterocycles. The van der Waals surface area contributed by atoms with Gasteiger partial charge in [-0.2, -0.15) is 0 Å². The zero-order valence-corrected chi connectivity index (χ0v) is 16.2. The molecule has 23 heavy (non-hydrogen) atoms. The van der Waals surface area contributed by atoms with Crippen LogP contribution >= 0.6 is 12.4 Å². The van der Waals surface area contributed by atoms with Gasteiger partial charge >= 0.3 is 0 Å². The SMILES string of the molecule is CCOC1CC(N)(C(=O)N2CCS(=O)(=O)C(C)(C)C2)C1(C)C.Cl. The van der Waals surface area contributed by atoms with Gasteiger partial charge in [-0.1, -0.05) is 13.8 Å². The zero-order chi connectivity index (χ0) is 17.0. The van der Waals surface area contributed by atoms with Crippen molar-refractivity contribution < 1.29 is 17.9 Å². The lowest BCUT2D eigenvalue weighted by Gasteiger charge is -2.59. The molecule has 0 aromatic heterocycles. The Labute approximate surface area is 145 Å². The third-order valence-electron chi connectivity index (χ3n) is 5.54. The quantitative estimate of drug-likeness (QED) is 0.801. The Balaban J connectivity index is 0.00000264. The summed E-state index contributed by atoms with van der Waals surface area (Å²) in [6.45, 7) is 10.2. The Kier molecular flexibility index (Phi) is 5.55. The molecule has 1 aliphatic heterocycles. The van der Waals surface area contributed by atoms with Crippen LogP contribution in [0.3, 0.4) is 0 Å². The summed E-state index contributed by atoms with van der Waals surface area (Å²) in [5, 5.41) is 0. The first-order valence-corrected chi connectivity index (χ1v) is 9.46. The Morgan fingerprint density at radius 3 is 2.30 bits per heavy atom. The predicted octanol–water partition coefficient (Wildman–Crippen LogP) is 0.976. The van der Waals surface area contributed by atoms with E-state index in [-0.39, 0.29) is 43.3 Å². The number of nitrogens with zero attached hydrogens (tertiary/aromatic N) is 1. The average molecular weight is 369 g/mol. The fourth-order valence-electron chi connectivity index (χ4n) is 3.40. The van der Waals surface area contributed by atoms with Gasteiger partial charge in [-0.15, -0.1) is 12.4 Å². The number of hydrogen-bond acceptors (Lipinski definition) is 5. The van der Waals surface area contributed by atoms with E-state index in [0.717, 1.165) is 0 Å². The van der Waals surface area contributed by atoms with E-state index in [2.05, 4.69) is 0 Å². The number of amides is 1. The minimum Gasteiger partial charge on any atom is -0.378 e. The molecule has 2 atom stereocenters. The lowest BCUT2D eigenvalue weighted by Crippen LogP contribution is -2.77. The summed E-state index contributed by atoms with van der Waals surface area (Å²) >= 11 is 0. The Hall–Kier alpha value is -0.370. The number of nitrogens with two attached hydrogens (primary N) is 1. The molecule has 2 aliphatic rings. The average Bonchev–Trinajstić information content (AvgIpc) is 2.40. The molecule has 8 heteroatoms. The first kappa shape index (κ1) is 20.7. The molecule has 0 aromatic rings. The van der Waals surface area contributed by atoms with Crippen LogP contribution in [0.4, 0.5) is 0 Å². The Morgan fingerprint density at radius 2 is 1.87 bits per heavy atom. The van der Waals surface area contributed by atoms with Gasteiger partial charge in [0, 0.05) is 31.5 Å². The highest BCUT2D eigenvalue weighted by Crippen LogP contribution is 2.50. The van der Waals surface area contributed by atoms with Crippen LogP contribution in [0.5, 0.6) is 0 Å². The number of carbonyl (C=O) groups excluding carboxylic acids is 1. The summed E-state index contributed by atoms with van der Waals surface area (Å²) in [4.78, 5) is 14.5. The van der Waals surface area contributed by atoms with Crippen LogP contribution in [0.1, 0.15) is 41.0 Å². The Bertz CT molecular complexity index is 576. The van der Waals surface area contributed by atoms with E-state index >= 15 is 0 Å². The number of halogens is 1. The second-order valence-corrected chi connectivity index (χ2v) is 10.4. The van der Waals surface area contributed by atoms with Crippen LogP contribution in [0, 0.1) is 5.41 Å². The second kappa shape index (κ2) is 6.17. The van der Waals surface area contributed by atoms with Crippen molar-refractivity contribution in [3.8, 4) is 0 Å². The topological polar surface area (TPSA) is 89.7 Å². The van der Waals surface area contributed by atoms with Crippen molar-refractivity contribution >= 4 is 28.2 Å². The van der Waals surface area contributed by atoms with Gasteiger partial charge in [-0.25, -0.2) is 8.42 Å². The minimum absolute atomic E-state index is 0. The maximum atomic E-state index is 12.9. The largest absolute Gasteiger partial charge is 0.378 e. The van der Waals surface area contributed by atoms with E-state index in [1.165, 1.54) is 0 Å². The first-order valence-electron chi connectivity index (χ1n) is 7.81. The highest BCUT2D eigenvalue weighted by Gasteiger charge is 2.64. The number of carbonyl (C=O) groups is 1. The van der Waals surface area contributed by atoms with Crippen molar-refractivity contribution in [1.29, 1.82) is 0 Å². The van der Waals surface area contributed by atoms with Gasteiger partial charge in [0.15, 0.2) is 9.84 Å². The molecule has 1 aliphatic carbocycles. The Morgan fingerprint density at radius 1 is 1.30 bits per heavy atom. The summed E-state index contributed by atoms with van der Waals surface area (Å²) in [6, 6.07) is 0. The van der Waals surface area contributed by atoms with E-state index < -0.39 is 25.5 Å². The number of hydrogen-bond donors (Lipinski definition) is 1. The standard InChI is InChI=1S/C15H28N2O4S.ClH/c1-6-21-11-9-15(16,14(11,4)5)12(18)17-7-8-22(19,20)13(2,3)10-17;/h11H,6-10,16H2,1-5H3;1H. The van der Waals surface area contributed by atoms with Gasteiger partial charge in [-0.3, -0.25) is 4.79 Å². The van der Waals surface area contributed by atoms with Crippen molar-refractivity contribution in [3.63, 3.8) is 0 Å². The van der Waals surface area contributed by atoms with Crippen LogP contribution in [-0.4, -0.2) is 61.1 Å². The molecule has 1 amide bonds. The molecule has 0 aromatic carbocycles. The van der Waals surface area contributed by atoms with Crippen LogP contribution in [-0.2, 0) is 19.4 Å². The third-order valence-corrected chi connectivity index (χ3v) is 8.08. The second-order valence-electron chi connectivity index (χ2n) is 7.65. The fraction of sp³-hybridized carbons (Fsp3) is 0.933. The van der Waals surface area contributed by atoms with Gasteiger partial charge in [0.05, 0.1) is 16.6 Å². The van der Waals surface area contributed by atoms with E-state index in [1.54, 1.807) is 18.7 Å². The lowest BCUT2D eigenvalue weighted by molar-refractivity contribution is -0.179. The van der Waals surface area contributed by atoms with Crippen LogP contribution in [0.2, 0.25) is 0 Å². The normalized spacial score (nSPS) is 34.2. The van der Waals surface area contributed by atoms with Crippen LogP contribution in [0.15, 0.2) is 0 Å². The first-order chi connectivity index (χ1) is 9.89. The summed E-state index contributed by atoms with van der Waals surface area (Å²) in [7, 11) is -3.17. The molecule has 2 N–H and O–H groups in total. The van der Waals surface area contributed by atoms with Gasteiger partial charge in [0.1, 0.15) is 5.54 Å². The molecule has 2 fully saturated rings. The fourth-order valence-corrected chi connectivity index (χ4v) is 4.76. The third kappa shape index (κ3) is 3.01. The maximum absolute atomic E-state index is 12.9. The number of ether oxygens (including phenoxy) is 1. The minimum atomic E-state index is -3.17. The number of sulfone groups is 1. The van der Waals surface area contributed by atoms with Crippen molar-refractivity contribution in [2.75, 3.05) is 25.4 Å². The summed E-state index contributed by atoms with van der Waals surface area (Å²) in [5.41, 5.74) is 4.97. The van der Waals surface area contributed by atoms with Crippen molar-refractivity contribution in [2.24, 2.45) is 11.1 Å². The van der Waals surface area contributed by atoms with Crippen molar-refractivity contribution in [2.45, 2.75) is 57.4 Å². The molecule has 1 heterocycles. The lowest BCUT2D eigenvalue weighted by atomic mass is 9.54. The van der Waals surface area contributed by atoms with E-state index in [9.17, 15) is 13.2 Å². The highest BCUT2D eigenvalue weighted by molar-refractivity contribution is 7.92. The van der Waals surface area contributed by atoms with E-state index in [1.807, 2.05) is 20.8 Å². The molecule has 2 rings (SSSR count). The molecular weight excluding hydrogens is 340 g/mol. The zero-order valence-electron chi connectivity index (χ0n) is 14.6. The van der Waals surface area contributed by atoms with Gasteiger partial charge in [-0.05, 0) is 20.8 Å². The van der Waals surface area contributed by atoms with Gasteiger partial charge < -0.3 is 15.4 Å². The van der Waals surface area contributed by atoms with E-state index in [4.69, 9.17) is 10.5 Å². The molecule has 136 valence electrons. The van der Waals surface area contributed by atoms with Crippen LogP contribution < -0.4 is 5.73 Å². The maximum Gasteiger partial charge on any atom is 0.243 e. The monoisotopic (exact) mass is 368 g/mol. The van der Waals surface area contributed by atoms with E-state index in [0.29, 0.717) is 13.0 Å². The van der Waals surface area contributed by atoms with Crippen molar-refractivity contribution in [1.82, 2.24) is 4.90 Å². The molecule has 6 nitrogen and oxygen atoms in total. The molecule has 1 saturated carbocycles. The smallest absolute Gasteiger partial charge is 0.243 e. The van der Waals surface area contributed by atoms with Crippen LogP contribution in [0.25, 0.3) is 0 Å². The molecular formula is C15H29ClN2O4S. The highest BCUT2D eigenvalue weighted by atomic mass is 35.5. The van der Waals surface area contributed by atoms with Gasteiger partial charge in [0.2, 0.25) is 5.91 Å². The summed E-state index contributed by atoms with van der Waals surface area (Å²) in [6.07, 6.45) is 0.448. The van der Waals surface area contributed by atoms with Crippen molar-refractivity contribution in [3.05, 3.63) is 0 Å². The summed E-state index contributed by atoms with van der Waals surface area (Å²) < 4.78 is 28.9. The predicted molar refractivity (Wildman–Crippen MR) is 92.4 cm³/mol. The molecule has 0 spiro atoms. The molecule has 0 bridgehead atoms. The molecule has 0 radical (unpaired) electrons. The van der Waals surface area contributed by atoms with Gasteiger partial charge in [0.25, 0.3) is 0 Å². The molecule has 2 unspecified atom stereocenters.